The van der Waals surface area contributed by atoms with Crippen molar-refractivity contribution in [1.82, 2.24) is 0 Å². The molecule has 22 heavy (non-hydrogen) atoms. The average molecular weight is 329 g/mol. The maximum Gasteiger partial charge on any atom is 0.187 e. The lowest BCUT2D eigenvalue weighted by atomic mass is 9.92. The lowest BCUT2D eigenvalue weighted by molar-refractivity contribution is 0.0637. The van der Waals surface area contributed by atoms with Crippen LogP contribution in [0.15, 0.2) is 12.2 Å². The van der Waals surface area contributed by atoms with E-state index in [0.717, 1.165) is 31.9 Å². The molecule has 0 amide bonds. The Balaban J connectivity index is 3.85. The zero-order valence-corrected chi connectivity index (χ0v) is 17.6. The van der Waals surface area contributed by atoms with Crippen LogP contribution in [0.1, 0.15) is 67.7 Å². The molecule has 0 saturated carbocycles. The molecule has 0 heterocycles. The van der Waals surface area contributed by atoms with E-state index in [1.54, 1.807) is 0 Å². The van der Waals surface area contributed by atoms with Crippen molar-refractivity contribution in [3.8, 4) is 0 Å². The van der Waals surface area contributed by atoms with E-state index < -0.39 is 8.32 Å². The molecule has 2 nitrogen and oxygen atoms in total. The van der Waals surface area contributed by atoms with E-state index >= 15 is 0 Å². The predicted molar refractivity (Wildman–Crippen MR) is 101 cm³/mol. The van der Waals surface area contributed by atoms with Crippen molar-refractivity contribution in [3.05, 3.63) is 12.2 Å². The Morgan fingerprint density at radius 2 is 1.59 bits per heavy atom. The molecule has 1 atom stereocenters. The van der Waals surface area contributed by atoms with E-state index in [9.17, 15) is 0 Å². The highest BCUT2D eigenvalue weighted by molar-refractivity contribution is 6.71. The number of rotatable bonds is 9. The summed E-state index contributed by atoms with van der Waals surface area (Å²) in [7, 11) is -1.58. The van der Waals surface area contributed by atoms with Crippen LogP contribution in [0.2, 0.25) is 19.1 Å². The molecule has 0 aliphatic rings. The Morgan fingerprint density at radius 3 is 2.09 bits per heavy atom. The van der Waals surface area contributed by atoms with Gasteiger partial charge in [0, 0.05) is 5.60 Å². The molecular weight excluding hydrogens is 288 g/mol. The van der Waals surface area contributed by atoms with Gasteiger partial charge in [-0.15, -0.1) is 0 Å². The highest BCUT2D eigenvalue weighted by Crippen LogP contribution is 2.23. The lowest BCUT2D eigenvalue weighted by Gasteiger charge is -2.33. The second-order valence-electron chi connectivity index (χ2n) is 9.22. The summed E-state index contributed by atoms with van der Waals surface area (Å²) >= 11 is 0. The van der Waals surface area contributed by atoms with Gasteiger partial charge >= 0.3 is 0 Å². The summed E-state index contributed by atoms with van der Waals surface area (Å²) < 4.78 is 12.2. The van der Waals surface area contributed by atoms with E-state index in [2.05, 4.69) is 73.7 Å². The first-order valence-corrected chi connectivity index (χ1v) is 11.9. The molecule has 132 valence electrons. The summed E-state index contributed by atoms with van der Waals surface area (Å²) in [6.45, 7) is 20.8. The van der Waals surface area contributed by atoms with Crippen LogP contribution in [0.3, 0.4) is 0 Å². The number of allylic oxidation sites excluding steroid dienone is 1. The van der Waals surface area contributed by atoms with E-state index in [1.807, 2.05) is 0 Å². The third-order valence-corrected chi connectivity index (χ3v) is 5.98. The van der Waals surface area contributed by atoms with Gasteiger partial charge in [-0.1, -0.05) is 32.9 Å². The van der Waals surface area contributed by atoms with Crippen molar-refractivity contribution in [3.63, 3.8) is 0 Å². The molecule has 0 rings (SSSR count). The maximum absolute atomic E-state index is 6.24. The highest BCUT2D eigenvalue weighted by atomic mass is 28.4. The number of ether oxygens (including phenoxy) is 1. The molecule has 0 spiro atoms. The fraction of sp³-hybridized carbons (Fsp3) is 0.895. The first kappa shape index (κ1) is 21.9. The van der Waals surface area contributed by atoms with Gasteiger partial charge in [-0.3, -0.25) is 0 Å². The van der Waals surface area contributed by atoms with Crippen LogP contribution in [0.5, 0.6) is 0 Å². The van der Waals surface area contributed by atoms with Crippen molar-refractivity contribution in [2.24, 2.45) is 5.41 Å². The van der Waals surface area contributed by atoms with Crippen molar-refractivity contribution >= 4 is 8.32 Å². The fourth-order valence-electron chi connectivity index (χ4n) is 2.41. The Hall–Kier alpha value is -0.123. The standard InChI is InChI=1S/C19H40O2Si/c1-17(13-16-22(8,9)21-19(5,6)7)20-15-12-10-11-14-18(2,3)4/h10-11,17H,12-16H2,1-9H3/b11-10+. The molecule has 0 aromatic carbocycles. The molecule has 0 bridgehead atoms. The smallest absolute Gasteiger partial charge is 0.187 e. The summed E-state index contributed by atoms with van der Waals surface area (Å²) in [6.07, 6.45) is 8.10. The quantitative estimate of drug-likeness (QED) is 0.286. The molecule has 0 aliphatic carbocycles. The molecule has 0 N–H and O–H groups in total. The van der Waals surface area contributed by atoms with E-state index in [1.165, 1.54) is 0 Å². The van der Waals surface area contributed by atoms with Gasteiger partial charge < -0.3 is 9.16 Å². The minimum Gasteiger partial charge on any atom is -0.413 e. The first-order chi connectivity index (χ1) is 9.81. The Kier molecular flexibility index (Phi) is 9.19. The number of hydrogen-bond donors (Lipinski definition) is 0. The van der Waals surface area contributed by atoms with Crippen LogP contribution in [-0.2, 0) is 9.16 Å². The van der Waals surface area contributed by atoms with Gasteiger partial charge in [0.05, 0.1) is 12.7 Å². The summed E-state index contributed by atoms with van der Waals surface area (Å²) in [5.41, 5.74) is 0.353. The van der Waals surface area contributed by atoms with Crippen molar-refractivity contribution in [2.75, 3.05) is 6.61 Å². The molecule has 0 radical (unpaired) electrons. The largest absolute Gasteiger partial charge is 0.413 e. The summed E-state index contributed by atoms with van der Waals surface area (Å²) in [5.74, 6) is 0. The van der Waals surface area contributed by atoms with E-state index in [0.29, 0.717) is 11.5 Å². The molecule has 0 fully saturated rings. The van der Waals surface area contributed by atoms with Crippen molar-refractivity contribution in [2.45, 2.75) is 98.6 Å². The van der Waals surface area contributed by atoms with Crippen LogP contribution in [0.4, 0.5) is 0 Å². The Morgan fingerprint density at radius 1 is 1.00 bits per heavy atom. The zero-order valence-electron chi connectivity index (χ0n) is 16.6. The Bertz CT molecular complexity index is 321. The second kappa shape index (κ2) is 9.24. The van der Waals surface area contributed by atoms with E-state index in [4.69, 9.17) is 9.16 Å². The minimum absolute atomic E-state index is 0.0301. The molecule has 0 aromatic rings. The predicted octanol–water partition coefficient (Wildman–Crippen LogP) is 6.18. The molecular formula is C19H40O2Si. The molecule has 0 saturated heterocycles. The third kappa shape index (κ3) is 14.8. The maximum atomic E-state index is 6.24. The Labute approximate surface area is 140 Å². The van der Waals surface area contributed by atoms with Crippen molar-refractivity contribution in [1.29, 1.82) is 0 Å². The molecule has 3 heteroatoms. The SMILES string of the molecule is CC(CC[Si](C)(C)OC(C)(C)C)OCC/C=C/CC(C)(C)C. The topological polar surface area (TPSA) is 18.5 Å². The normalized spacial score (nSPS) is 15.5. The molecule has 0 aliphatic heterocycles. The number of hydrogen-bond acceptors (Lipinski definition) is 2. The van der Waals surface area contributed by atoms with Gasteiger partial charge in [0.15, 0.2) is 8.32 Å². The van der Waals surface area contributed by atoms with Crippen LogP contribution in [0.25, 0.3) is 0 Å². The van der Waals surface area contributed by atoms with E-state index in [-0.39, 0.29) is 5.60 Å². The van der Waals surface area contributed by atoms with Gasteiger partial charge in [-0.2, -0.15) is 0 Å². The van der Waals surface area contributed by atoms with Crippen LogP contribution in [-0.4, -0.2) is 26.6 Å². The zero-order chi connectivity index (χ0) is 17.4. The fourth-order valence-corrected chi connectivity index (χ4v) is 5.27. The van der Waals surface area contributed by atoms with Crippen LogP contribution >= 0.6 is 0 Å². The first-order valence-electron chi connectivity index (χ1n) is 8.78. The summed E-state index contributed by atoms with van der Waals surface area (Å²) in [4.78, 5) is 0. The minimum atomic E-state index is -1.58. The van der Waals surface area contributed by atoms with Gasteiger partial charge in [0.25, 0.3) is 0 Å². The van der Waals surface area contributed by atoms with Gasteiger partial charge in [-0.25, -0.2) is 0 Å². The van der Waals surface area contributed by atoms with Gasteiger partial charge in [0.2, 0.25) is 0 Å². The monoisotopic (exact) mass is 328 g/mol. The third-order valence-electron chi connectivity index (χ3n) is 3.32. The molecule has 0 aromatic heterocycles. The van der Waals surface area contributed by atoms with Gasteiger partial charge in [-0.05, 0) is 71.5 Å². The lowest BCUT2D eigenvalue weighted by Crippen LogP contribution is -2.39. The molecule has 1 unspecified atom stereocenters. The van der Waals surface area contributed by atoms with Crippen molar-refractivity contribution < 1.29 is 9.16 Å². The second-order valence-corrected chi connectivity index (χ2v) is 13.4. The highest BCUT2D eigenvalue weighted by Gasteiger charge is 2.28. The summed E-state index contributed by atoms with van der Waals surface area (Å²) in [5, 5.41) is 0. The average Bonchev–Trinajstić information content (AvgIpc) is 2.26. The van der Waals surface area contributed by atoms with Crippen LogP contribution in [0, 0.1) is 5.41 Å². The van der Waals surface area contributed by atoms with Crippen LogP contribution < -0.4 is 0 Å². The summed E-state index contributed by atoms with van der Waals surface area (Å²) in [6, 6.07) is 1.16. The van der Waals surface area contributed by atoms with Gasteiger partial charge in [0.1, 0.15) is 0 Å².